The number of phenols is 1. The van der Waals surface area contributed by atoms with Gasteiger partial charge in [-0.2, -0.15) is 0 Å². The highest BCUT2D eigenvalue weighted by molar-refractivity contribution is 5.90. The van der Waals surface area contributed by atoms with E-state index in [1.54, 1.807) is 12.3 Å². The van der Waals surface area contributed by atoms with Gasteiger partial charge in [0.25, 0.3) is 0 Å². The maximum Gasteiger partial charge on any atom is 0.149 e. The molecule has 3 nitrogen and oxygen atoms in total. The fourth-order valence-corrected chi connectivity index (χ4v) is 8.00. The second-order valence-electron chi connectivity index (χ2n) is 13.2. The fraction of sp³-hybridized carbons (Fsp3) is 0.457. The first-order valence-electron chi connectivity index (χ1n) is 14.6. The van der Waals surface area contributed by atoms with E-state index >= 15 is 4.39 Å². The Kier molecular flexibility index (Phi) is 6.56. The smallest absolute Gasteiger partial charge is 0.149 e. The summed E-state index contributed by atoms with van der Waals surface area (Å²) < 4.78 is 21.1. The van der Waals surface area contributed by atoms with Crippen molar-refractivity contribution in [3.8, 4) is 22.6 Å². The zero-order chi connectivity index (χ0) is 27.4. The van der Waals surface area contributed by atoms with Crippen LogP contribution in [0.15, 0.2) is 59.6 Å². The van der Waals surface area contributed by atoms with E-state index in [9.17, 15) is 5.11 Å². The maximum atomic E-state index is 15.3. The van der Waals surface area contributed by atoms with Gasteiger partial charge in [-0.25, -0.2) is 4.39 Å². The molecule has 0 aliphatic heterocycles. The number of halogens is 1. The third-order valence-electron chi connectivity index (χ3n) is 9.41. The summed E-state index contributed by atoms with van der Waals surface area (Å²) in [7, 11) is 0. The first-order chi connectivity index (χ1) is 18.7. The molecule has 0 unspecified atom stereocenters. The van der Waals surface area contributed by atoms with Crippen molar-refractivity contribution in [1.29, 1.82) is 0 Å². The zero-order valence-corrected chi connectivity index (χ0v) is 23.6. The van der Waals surface area contributed by atoms with E-state index < -0.39 is 5.82 Å². The van der Waals surface area contributed by atoms with E-state index in [-0.39, 0.29) is 16.5 Å². The molecular formula is C35H40FNO2. The van der Waals surface area contributed by atoms with Crippen molar-refractivity contribution >= 4 is 11.9 Å². The van der Waals surface area contributed by atoms with E-state index in [4.69, 9.17) is 9.73 Å². The molecule has 0 radical (unpaired) electrons. The molecule has 4 bridgehead atoms. The van der Waals surface area contributed by atoms with Gasteiger partial charge in [-0.05, 0) is 97.8 Å². The molecule has 3 aromatic carbocycles. The number of hydrogen-bond donors (Lipinski definition) is 1. The van der Waals surface area contributed by atoms with Crippen LogP contribution >= 0.6 is 0 Å². The number of phenolic OH excluding ortho intramolecular Hbond substituents is 1. The molecule has 7 rings (SSSR count). The van der Waals surface area contributed by atoms with Gasteiger partial charge in [-0.15, -0.1) is 0 Å². The van der Waals surface area contributed by atoms with Crippen LogP contribution in [0.2, 0.25) is 0 Å². The van der Waals surface area contributed by atoms with Crippen molar-refractivity contribution in [1.82, 2.24) is 0 Å². The lowest BCUT2D eigenvalue weighted by molar-refractivity contribution is -0.00619. The van der Waals surface area contributed by atoms with Crippen LogP contribution in [0.3, 0.4) is 0 Å². The molecule has 0 spiro atoms. The second kappa shape index (κ2) is 9.80. The van der Waals surface area contributed by atoms with Crippen molar-refractivity contribution in [2.75, 3.05) is 6.61 Å². The molecule has 4 aliphatic rings. The third-order valence-corrected chi connectivity index (χ3v) is 9.41. The summed E-state index contributed by atoms with van der Waals surface area (Å²) in [6.07, 6.45) is 9.23. The minimum Gasteiger partial charge on any atom is -0.507 e. The highest BCUT2D eigenvalue weighted by Gasteiger charge is 2.52. The van der Waals surface area contributed by atoms with Crippen LogP contribution in [-0.4, -0.2) is 17.9 Å². The molecule has 4 saturated carbocycles. The Morgan fingerprint density at radius 2 is 1.59 bits per heavy atom. The minimum absolute atomic E-state index is 0.0439. The standard InChI is InChI=1S/C35H40FNO2/c1-5-39-31-12-7-6-9-27(31)28-10-8-11-30(36)32(28)37-21-25-16-26(34(2,3)4)17-29(33(25)38)35-18-22-13-23(19-35)15-24(14-22)20-35/h6-12,16-17,21-24,38H,5,13-15,18-20H2,1-4H3. The first-order valence-corrected chi connectivity index (χ1v) is 14.6. The van der Waals surface area contributed by atoms with Crippen molar-refractivity contribution in [3.05, 3.63) is 77.1 Å². The Balaban J connectivity index is 1.46. The third kappa shape index (κ3) is 4.77. The summed E-state index contributed by atoms with van der Waals surface area (Å²) in [6.45, 7) is 9.09. The molecule has 0 saturated heterocycles. The molecule has 204 valence electrons. The van der Waals surface area contributed by atoms with Gasteiger partial charge in [0.15, 0.2) is 0 Å². The van der Waals surface area contributed by atoms with Crippen molar-refractivity contribution < 1.29 is 14.2 Å². The number of aromatic hydroxyl groups is 1. The number of nitrogens with zero attached hydrogens (tertiary/aromatic N) is 1. The van der Waals surface area contributed by atoms with Crippen molar-refractivity contribution in [3.63, 3.8) is 0 Å². The molecule has 4 heteroatoms. The summed E-state index contributed by atoms with van der Waals surface area (Å²) >= 11 is 0. The van der Waals surface area contributed by atoms with Gasteiger partial charge in [0.05, 0.1) is 6.61 Å². The summed E-state index contributed by atoms with van der Waals surface area (Å²) in [5.41, 5.74) is 4.61. The minimum atomic E-state index is -0.400. The highest BCUT2D eigenvalue weighted by atomic mass is 19.1. The highest BCUT2D eigenvalue weighted by Crippen LogP contribution is 2.62. The number of hydrogen-bond acceptors (Lipinski definition) is 3. The van der Waals surface area contributed by atoms with Gasteiger partial charge in [-0.3, -0.25) is 4.99 Å². The van der Waals surface area contributed by atoms with Crippen LogP contribution < -0.4 is 4.74 Å². The van der Waals surface area contributed by atoms with Gasteiger partial charge >= 0.3 is 0 Å². The van der Waals surface area contributed by atoms with Crippen molar-refractivity contribution in [2.24, 2.45) is 22.7 Å². The monoisotopic (exact) mass is 525 g/mol. The van der Waals surface area contributed by atoms with Crippen LogP contribution in [0.4, 0.5) is 10.1 Å². The van der Waals surface area contributed by atoms with Crippen molar-refractivity contribution in [2.45, 2.75) is 77.0 Å². The van der Waals surface area contributed by atoms with Gasteiger partial charge in [0.2, 0.25) is 0 Å². The largest absolute Gasteiger partial charge is 0.507 e. The normalized spacial score (nSPS) is 25.9. The fourth-order valence-electron chi connectivity index (χ4n) is 8.00. The molecule has 0 atom stereocenters. The molecule has 1 N–H and O–H groups in total. The summed E-state index contributed by atoms with van der Waals surface area (Å²) in [5, 5.41) is 11.8. The maximum absolute atomic E-state index is 15.3. The van der Waals surface area contributed by atoms with Gasteiger partial charge in [0, 0.05) is 28.5 Å². The lowest BCUT2D eigenvalue weighted by Crippen LogP contribution is -2.48. The van der Waals surface area contributed by atoms with Crippen LogP contribution in [0.5, 0.6) is 11.5 Å². The van der Waals surface area contributed by atoms with E-state index in [1.165, 1.54) is 50.2 Å². The average Bonchev–Trinajstić information content (AvgIpc) is 2.87. The van der Waals surface area contributed by atoms with Gasteiger partial charge in [0.1, 0.15) is 23.0 Å². The summed E-state index contributed by atoms with van der Waals surface area (Å²) in [5.74, 6) is 2.94. The predicted octanol–water partition coefficient (Wildman–Crippen LogP) is 9.11. The molecule has 0 aromatic heterocycles. The number of rotatable bonds is 6. The molecule has 4 fully saturated rings. The second-order valence-corrected chi connectivity index (χ2v) is 13.2. The number of ether oxygens (including phenoxy) is 1. The van der Waals surface area contributed by atoms with E-state index in [0.29, 0.717) is 29.2 Å². The lowest BCUT2D eigenvalue weighted by Gasteiger charge is -2.57. The summed E-state index contributed by atoms with van der Waals surface area (Å²) in [4.78, 5) is 4.71. The predicted molar refractivity (Wildman–Crippen MR) is 157 cm³/mol. The number of benzene rings is 3. The SMILES string of the molecule is CCOc1ccccc1-c1cccc(F)c1N=Cc1cc(C(C)(C)C)cc(C23CC4CC(CC(C4)C2)C3)c1O. The molecule has 0 amide bonds. The number of aliphatic imine (C=N–C) groups is 1. The van der Waals surface area contributed by atoms with E-state index in [1.807, 2.05) is 43.3 Å². The Hall–Kier alpha value is -3.14. The molecule has 4 aliphatic carbocycles. The van der Waals surface area contributed by atoms with E-state index in [2.05, 4.69) is 26.8 Å². The lowest BCUT2D eigenvalue weighted by atomic mass is 9.47. The number of para-hydroxylation sites is 2. The molecular weight excluding hydrogens is 485 g/mol. The molecule has 39 heavy (non-hydrogen) atoms. The average molecular weight is 526 g/mol. The molecule has 3 aromatic rings. The Bertz CT molecular complexity index is 1380. The quantitative estimate of drug-likeness (QED) is 0.326. The Morgan fingerprint density at radius 3 is 2.23 bits per heavy atom. The van der Waals surface area contributed by atoms with Crippen LogP contribution in [0, 0.1) is 23.6 Å². The zero-order valence-electron chi connectivity index (χ0n) is 23.6. The van der Waals surface area contributed by atoms with Crippen LogP contribution in [0.1, 0.15) is 82.9 Å². The van der Waals surface area contributed by atoms with Gasteiger partial charge < -0.3 is 9.84 Å². The topological polar surface area (TPSA) is 41.8 Å². The first kappa shape index (κ1) is 26.1. The van der Waals surface area contributed by atoms with Crippen LogP contribution in [-0.2, 0) is 10.8 Å². The Morgan fingerprint density at radius 1 is 0.949 bits per heavy atom. The Labute approximate surface area is 232 Å². The van der Waals surface area contributed by atoms with E-state index in [0.717, 1.165) is 28.9 Å². The summed E-state index contributed by atoms with van der Waals surface area (Å²) in [6, 6.07) is 17.0. The molecule has 0 heterocycles. The van der Waals surface area contributed by atoms with Gasteiger partial charge in [-0.1, -0.05) is 57.2 Å². The van der Waals surface area contributed by atoms with Crippen LogP contribution in [0.25, 0.3) is 11.1 Å².